The number of nitrogens with zero attached hydrogens (tertiary/aromatic N) is 4. The Labute approximate surface area is 90.1 Å². The molecule has 2 heterocycles. The summed E-state index contributed by atoms with van der Waals surface area (Å²) < 4.78 is 2.68. The van der Waals surface area contributed by atoms with Crippen LogP contribution in [0.25, 0.3) is 11.4 Å². The fourth-order valence-electron chi connectivity index (χ4n) is 1.28. The van der Waals surface area contributed by atoms with Crippen molar-refractivity contribution in [2.75, 3.05) is 0 Å². The van der Waals surface area contributed by atoms with Crippen molar-refractivity contribution in [3.8, 4) is 11.4 Å². The highest BCUT2D eigenvalue weighted by atomic mass is 79.9. The molecule has 0 fully saturated rings. The number of aryl methyl sites for hydroxylation is 1. The van der Waals surface area contributed by atoms with Crippen LogP contribution < -0.4 is 0 Å². The van der Waals surface area contributed by atoms with E-state index in [9.17, 15) is 0 Å². The zero-order valence-electron chi connectivity index (χ0n) is 7.68. The predicted octanol–water partition coefficient (Wildman–Crippen LogP) is 2.12. The second-order valence-electron chi connectivity index (χ2n) is 2.76. The van der Waals surface area contributed by atoms with Crippen LogP contribution in [0.15, 0.2) is 29.3 Å². The number of aromatic nitrogens is 4. The van der Waals surface area contributed by atoms with Crippen molar-refractivity contribution in [1.82, 2.24) is 19.7 Å². The van der Waals surface area contributed by atoms with Crippen molar-refractivity contribution in [2.45, 2.75) is 13.5 Å². The molecule has 0 N–H and O–H groups in total. The summed E-state index contributed by atoms with van der Waals surface area (Å²) in [6, 6.07) is 3.82. The van der Waals surface area contributed by atoms with E-state index in [0.29, 0.717) is 0 Å². The van der Waals surface area contributed by atoms with E-state index in [-0.39, 0.29) is 0 Å². The first-order valence-electron chi connectivity index (χ1n) is 4.31. The number of hydrogen-bond donors (Lipinski definition) is 0. The summed E-state index contributed by atoms with van der Waals surface area (Å²) in [5.41, 5.74) is 1.89. The summed E-state index contributed by atoms with van der Waals surface area (Å²) in [7, 11) is 0. The summed E-state index contributed by atoms with van der Waals surface area (Å²) in [5.74, 6) is 0. The second-order valence-corrected chi connectivity index (χ2v) is 3.57. The molecule has 0 aliphatic carbocycles. The lowest BCUT2D eigenvalue weighted by atomic mass is 10.3. The van der Waals surface area contributed by atoms with Gasteiger partial charge < -0.3 is 0 Å². The van der Waals surface area contributed by atoms with Gasteiger partial charge in [-0.25, -0.2) is 9.97 Å². The largest absolute Gasteiger partial charge is 0.264 e. The molecule has 0 saturated heterocycles. The van der Waals surface area contributed by atoms with E-state index in [4.69, 9.17) is 0 Å². The topological polar surface area (TPSA) is 43.6 Å². The molecule has 4 nitrogen and oxygen atoms in total. The van der Waals surface area contributed by atoms with Crippen LogP contribution in [-0.4, -0.2) is 19.7 Å². The van der Waals surface area contributed by atoms with E-state index in [2.05, 4.69) is 31.0 Å². The van der Waals surface area contributed by atoms with Crippen LogP contribution in [-0.2, 0) is 6.54 Å². The molecule has 0 atom stereocenters. The van der Waals surface area contributed by atoms with E-state index in [1.807, 2.05) is 23.7 Å². The summed E-state index contributed by atoms with van der Waals surface area (Å²) in [6.07, 6.45) is 3.31. The van der Waals surface area contributed by atoms with E-state index in [0.717, 1.165) is 22.5 Å². The predicted molar refractivity (Wildman–Crippen MR) is 56.6 cm³/mol. The first kappa shape index (κ1) is 9.33. The lowest BCUT2D eigenvalue weighted by Crippen LogP contribution is -1.99. The highest BCUT2D eigenvalue weighted by molar-refractivity contribution is 9.10. The van der Waals surface area contributed by atoms with Gasteiger partial charge in [0.2, 0.25) is 0 Å². The third-order valence-electron chi connectivity index (χ3n) is 1.91. The third-order valence-corrected chi connectivity index (χ3v) is 2.35. The fourth-order valence-corrected chi connectivity index (χ4v) is 1.58. The maximum Gasteiger partial charge on any atom is 0.117 e. The molecule has 0 aliphatic rings. The minimum Gasteiger partial charge on any atom is -0.264 e. The lowest BCUT2D eigenvalue weighted by Gasteiger charge is -2.03. The molecule has 72 valence electrons. The van der Waals surface area contributed by atoms with E-state index in [1.165, 1.54) is 6.33 Å². The Morgan fingerprint density at radius 2 is 2.29 bits per heavy atom. The minimum atomic E-state index is 0.784. The van der Waals surface area contributed by atoms with Gasteiger partial charge in [-0.05, 0) is 35.0 Å². The standard InChI is InChI=1S/C9H9BrN4/c1-2-14-8(3-4-13-14)7-5-9(10)12-6-11-7/h3-6H,2H2,1H3. The number of halogens is 1. The van der Waals surface area contributed by atoms with Gasteiger partial charge in [-0.2, -0.15) is 5.10 Å². The Morgan fingerprint density at radius 1 is 1.43 bits per heavy atom. The molecule has 0 spiro atoms. The highest BCUT2D eigenvalue weighted by Gasteiger charge is 2.05. The Morgan fingerprint density at radius 3 is 3.00 bits per heavy atom. The van der Waals surface area contributed by atoms with E-state index >= 15 is 0 Å². The Kier molecular flexibility index (Phi) is 2.58. The summed E-state index contributed by atoms with van der Waals surface area (Å²) in [5, 5.41) is 4.18. The summed E-state index contributed by atoms with van der Waals surface area (Å²) >= 11 is 3.31. The smallest absolute Gasteiger partial charge is 0.117 e. The second kappa shape index (κ2) is 3.88. The molecule has 14 heavy (non-hydrogen) atoms. The Hall–Kier alpha value is -1.23. The molecule has 0 amide bonds. The monoisotopic (exact) mass is 252 g/mol. The van der Waals surface area contributed by atoms with E-state index < -0.39 is 0 Å². The highest BCUT2D eigenvalue weighted by Crippen LogP contribution is 2.18. The third kappa shape index (κ3) is 1.68. The molecule has 0 radical (unpaired) electrons. The molecule has 2 rings (SSSR count). The van der Waals surface area contributed by atoms with Gasteiger partial charge in [0, 0.05) is 12.7 Å². The average molecular weight is 253 g/mol. The molecule has 0 unspecified atom stereocenters. The quantitative estimate of drug-likeness (QED) is 0.770. The maximum atomic E-state index is 4.19. The Bertz CT molecular complexity index is 438. The van der Waals surface area contributed by atoms with Crippen molar-refractivity contribution in [3.63, 3.8) is 0 Å². The number of rotatable bonds is 2. The van der Waals surface area contributed by atoms with Gasteiger partial charge >= 0.3 is 0 Å². The summed E-state index contributed by atoms with van der Waals surface area (Å²) in [6.45, 7) is 2.89. The Balaban J connectivity index is 2.49. The van der Waals surface area contributed by atoms with Gasteiger partial charge in [0.25, 0.3) is 0 Å². The van der Waals surface area contributed by atoms with Gasteiger partial charge in [0.1, 0.15) is 10.9 Å². The molecule has 2 aromatic rings. The van der Waals surface area contributed by atoms with Crippen molar-refractivity contribution in [2.24, 2.45) is 0 Å². The van der Waals surface area contributed by atoms with Gasteiger partial charge in [-0.1, -0.05) is 0 Å². The molecular weight excluding hydrogens is 244 g/mol. The fraction of sp³-hybridized carbons (Fsp3) is 0.222. The zero-order valence-corrected chi connectivity index (χ0v) is 9.27. The van der Waals surface area contributed by atoms with Crippen LogP contribution in [0.3, 0.4) is 0 Å². The SMILES string of the molecule is CCn1nccc1-c1cc(Br)ncn1. The van der Waals surface area contributed by atoms with Crippen LogP contribution >= 0.6 is 15.9 Å². The molecular formula is C9H9BrN4. The maximum absolute atomic E-state index is 4.19. The molecule has 0 aliphatic heterocycles. The molecule has 0 aromatic carbocycles. The van der Waals surface area contributed by atoms with Crippen molar-refractivity contribution >= 4 is 15.9 Å². The van der Waals surface area contributed by atoms with Crippen molar-refractivity contribution < 1.29 is 0 Å². The molecule has 0 saturated carbocycles. The first-order valence-corrected chi connectivity index (χ1v) is 5.10. The van der Waals surface area contributed by atoms with Crippen LogP contribution in [0.1, 0.15) is 6.92 Å². The zero-order chi connectivity index (χ0) is 9.97. The average Bonchev–Trinajstić information content (AvgIpc) is 2.65. The van der Waals surface area contributed by atoms with Crippen molar-refractivity contribution in [3.05, 3.63) is 29.3 Å². The van der Waals surface area contributed by atoms with Gasteiger partial charge in [0.05, 0.1) is 11.4 Å². The van der Waals surface area contributed by atoms with Crippen LogP contribution in [0, 0.1) is 0 Å². The normalized spacial score (nSPS) is 10.4. The van der Waals surface area contributed by atoms with Gasteiger partial charge in [-0.3, -0.25) is 4.68 Å². The minimum absolute atomic E-state index is 0.784. The van der Waals surface area contributed by atoms with Gasteiger partial charge in [-0.15, -0.1) is 0 Å². The van der Waals surface area contributed by atoms with Crippen LogP contribution in [0.2, 0.25) is 0 Å². The molecule has 2 aromatic heterocycles. The van der Waals surface area contributed by atoms with Crippen molar-refractivity contribution in [1.29, 1.82) is 0 Å². The van der Waals surface area contributed by atoms with Crippen LogP contribution in [0.4, 0.5) is 0 Å². The van der Waals surface area contributed by atoms with Crippen LogP contribution in [0.5, 0.6) is 0 Å². The first-order chi connectivity index (χ1) is 6.81. The molecule has 0 bridgehead atoms. The lowest BCUT2D eigenvalue weighted by molar-refractivity contribution is 0.665. The van der Waals surface area contributed by atoms with E-state index in [1.54, 1.807) is 6.20 Å². The molecule has 5 heteroatoms. The number of hydrogen-bond acceptors (Lipinski definition) is 3. The van der Waals surface area contributed by atoms with Gasteiger partial charge in [0.15, 0.2) is 0 Å². The summed E-state index contributed by atoms with van der Waals surface area (Å²) in [4.78, 5) is 8.17.